The van der Waals surface area contributed by atoms with Crippen molar-refractivity contribution in [1.29, 1.82) is 0 Å². The summed E-state index contributed by atoms with van der Waals surface area (Å²) in [4.78, 5) is 18.8. The Morgan fingerprint density at radius 1 is 1.24 bits per heavy atom. The average Bonchev–Trinajstić information content (AvgIpc) is 2.97. The molecule has 0 N–H and O–H groups in total. The van der Waals surface area contributed by atoms with Gasteiger partial charge in [0.2, 0.25) is 0 Å². The first kappa shape index (κ1) is 13.4. The van der Waals surface area contributed by atoms with Gasteiger partial charge in [0, 0.05) is 30.8 Å². The fourth-order valence-corrected chi connectivity index (χ4v) is 2.49. The molecule has 106 valence electrons. The number of benzene rings is 1. The van der Waals surface area contributed by atoms with Crippen LogP contribution >= 0.6 is 0 Å². The van der Waals surface area contributed by atoms with Gasteiger partial charge in [0.15, 0.2) is 0 Å². The van der Waals surface area contributed by atoms with Gasteiger partial charge in [-0.15, -0.1) is 0 Å². The molecule has 2 heterocycles. The molecular weight excluding hydrogens is 262 g/mol. The van der Waals surface area contributed by atoms with Crippen molar-refractivity contribution >= 4 is 17.2 Å². The Morgan fingerprint density at radius 3 is 2.81 bits per heavy atom. The molecule has 0 bridgehead atoms. The van der Waals surface area contributed by atoms with Gasteiger partial charge in [0.25, 0.3) is 5.91 Å². The third-order valence-electron chi connectivity index (χ3n) is 3.60. The van der Waals surface area contributed by atoms with E-state index in [0.29, 0.717) is 12.1 Å². The van der Waals surface area contributed by atoms with E-state index in [1.54, 1.807) is 11.1 Å². The molecule has 0 atom stereocenters. The summed E-state index contributed by atoms with van der Waals surface area (Å²) >= 11 is 0. The molecular formula is C17H17N3O. The van der Waals surface area contributed by atoms with Crippen LogP contribution in [0.2, 0.25) is 0 Å². The standard InChI is InChI=1S/C17H17N3O/c1-3-20(15-7-5-4-6-13(15)2)17(21)14-8-9-16-18-10-11-19(16)12-14/h4-12H,3H2,1-2H3. The van der Waals surface area contributed by atoms with Gasteiger partial charge in [0.05, 0.1) is 5.56 Å². The molecule has 0 aliphatic heterocycles. The van der Waals surface area contributed by atoms with Crippen molar-refractivity contribution in [2.75, 3.05) is 11.4 Å². The highest BCUT2D eigenvalue weighted by Gasteiger charge is 2.17. The van der Waals surface area contributed by atoms with Crippen LogP contribution in [0, 0.1) is 6.92 Å². The summed E-state index contributed by atoms with van der Waals surface area (Å²) in [5.74, 6) is 0.00222. The number of para-hydroxylation sites is 1. The zero-order chi connectivity index (χ0) is 14.8. The highest BCUT2D eigenvalue weighted by molar-refractivity contribution is 6.06. The number of imidazole rings is 1. The summed E-state index contributed by atoms with van der Waals surface area (Å²) < 4.78 is 1.86. The van der Waals surface area contributed by atoms with Crippen LogP contribution in [0.15, 0.2) is 55.0 Å². The SMILES string of the molecule is CCN(C(=O)c1ccc2nccn2c1)c1ccccc1C. The van der Waals surface area contributed by atoms with E-state index in [4.69, 9.17) is 0 Å². The summed E-state index contributed by atoms with van der Waals surface area (Å²) in [6, 6.07) is 11.6. The van der Waals surface area contributed by atoms with E-state index in [2.05, 4.69) is 4.98 Å². The van der Waals surface area contributed by atoms with Gasteiger partial charge in [-0.3, -0.25) is 4.79 Å². The maximum atomic E-state index is 12.8. The molecule has 3 rings (SSSR count). The number of nitrogens with zero attached hydrogens (tertiary/aromatic N) is 3. The minimum Gasteiger partial charge on any atom is -0.308 e. The Kier molecular flexibility index (Phi) is 3.44. The summed E-state index contributed by atoms with van der Waals surface area (Å²) in [6.45, 7) is 4.63. The van der Waals surface area contributed by atoms with Crippen LogP contribution in [0.4, 0.5) is 5.69 Å². The highest BCUT2D eigenvalue weighted by Crippen LogP contribution is 2.21. The van der Waals surface area contributed by atoms with Gasteiger partial charge in [0.1, 0.15) is 5.65 Å². The fourth-order valence-electron chi connectivity index (χ4n) is 2.49. The highest BCUT2D eigenvalue weighted by atomic mass is 16.2. The van der Waals surface area contributed by atoms with E-state index in [-0.39, 0.29) is 5.91 Å². The largest absolute Gasteiger partial charge is 0.308 e. The summed E-state index contributed by atoms with van der Waals surface area (Å²) in [5, 5.41) is 0. The maximum absolute atomic E-state index is 12.8. The predicted octanol–water partition coefficient (Wildman–Crippen LogP) is 3.31. The maximum Gasteiger partial charge on any atom is 0.259 e. The normalized spacial score (nSPS) is 10.8. The quantitative estimate of drug-likeness (QED) is 0.737. The number of aryl methyl sites for hydroxylation is 1. The number of anilines is 1. The monoisotopic (exact) mass is 279 g/mol. The van der Waals surface area contributed by atoms with Crippen molar-refractivity contribution in [2.45, 2.75) is 13.8 Å². The Morgan fingerprint density at radius 2 is 2.05 bits per heavy atom. The number of amides is 1. The molecule has 0 spiro atoms. The Labute approximate surface area is 123 Å². The zero-order valence-corrected chi connectivity index (χ0v) is 12.2. The van der Waals surface area contributed by atoms with Crippen molar-refractivity contribution in [3.8, 4) is 0 Å². The van der Waals surface area contributed by atoms with Gasteiger partial charge in [-0.05, 0) is 37.6 Å². The lowest BCUT2D eigenvalue weighted by Crippen LogP contribution is -2.31. The molecule has 2 aromatic heterocycles. The van der Waals surface area contributed by atoms with Crippen LogP contribution in [-0.2, 0) is 0 Å². The van der Waals surface area contributed by atoms with Gasteiger partial charge < -0.3 is 9.30 Å². The second-order valence-corrected chi connectivity index (χ2v) is 4.95. The molecule has 0 radical (unpaired) electrons. The topological polar surface area (TPSA) is 37.6 Å². The predicted molar refractivity (Wildman–Crippen MR) is 83.7 cm³/mol. The molecule has 21 heavy (non-hydrogen) atoms. The molecule has 0 fully saturated rings. The van der Waals surface area contributed by atoms with E-state index in [1.165, 1.54) is 0 Å². The Balaban J connectivity index is 2.00. The lowest BCUT2D eigenvalue weighted by Gasteiger charge is -2.23. The molecule has 0 saturated heterocycles. The number of aromatic nitrogens is 2. The fraction of sp³-hybridized carbons (Fsp3) is 0.176. The number of pyridine rings is 1. The van der Waals surface area contributed by atoms with Gasteiger partial charge in [-0.1, -0.05) is 18.2 Å². The third-order valence-corrected chi connectivity index (χ3v) is 3.60. The molecule has 3 aromatic rings. The van der Waals surface area contributed by atoms with Gasteiger partial charge in [-0.2, -0.15) is 0 Å². The molecule has 4 heteroatoms. The van der Waals surface area contributed by atoms with Crippen molar-refractivity contribution in [3.05, 3.63) is 66.1 Å². The van der Waals surface area contributed by atoms with Crippen LogP contribution in [-0.4, -0.2) is 21.8 Å². The van der Waals surface area contributed by atoms with Crippen LogP contribution in [0.5, 0.6) is 0 Å². The van der Waals surface area contributed by atoms with E-state index >= 15 is 0 Å². The second kappa shape index (κ2) is 5.40. The molecule has 0 unspecified atom stereocenters. The average molecular weight is 279 g/mol. The van der Waals surface area contributed by atoms with Crippen LogP contribution < -0.4 is 4.90 Å². The molecule has 0 saturated carbocycles. The van der Waals surface area contributed by atoms with Crippen molar-refractivity contribution in [1.82, 2.24) is 9.38 Å². The van der Waals surface area contributed by atoms with Gasteiger partial charge >= 0.3 is 0 Å². The molecule has 4 nitrogen and oxygen atoms in total. The first-order chi connectivity index (χ1) is 10.2. The van der Waals surface area contributed by atoms with E-state index in [0.717, 1.165) is 16.9 Å². The van der Waals surface area contributed by atoms with Gasteiger partial charge in [-0.25, -0.2) is 4.98 Å². The summed E-state index contributed by atoms with van der Waals surface area (Å²) in [5.41, 5.74) is 3.54. The minimum absolute atomic E-state index is 0.00222. The van der Waals surface area contributed by atoms with Crippen molar-refractivity contribution in [3.63, 3.8) is 0 Å². The summed E-state index contributed by atoms with van der Waals surface area (Å²) in [6.07, 6.45) is 5.39. The third kappa shape index (κ3) is 2.40. The molecule has 1 aromatic carbocycles. The lowest BCUT2D eigenvalue weighted by atomic mass is 10.1. The number of rotatable bonds is 3. The van der Waals surface area contributed by atoms with Crippen LogP contribution in [0.25, 0.3) is 5.65 Å². The first-order valence-electron chi connectivity index (χ1n) is 7.01. The minimum atomic E-state index is 0.00222. The number of carbonyl (C=O) groups excluding carboxylic acids is 1. The number of hydrogen-bond acceptors (Lipinski definition) is 2. The lowest BCUT2D eigenvalue weighted by molar-refractivity contribution is 0.0987. The van der Waals surface area contributed by atoms with E-state index in [1.807, 2.05) is 67.0 Å². The second-order valence-electron chi connectivity index (χ2n) is 4.95. The Bertz CT molecular complexity index is 791. The number of carbonyl (C=O) groups is 1. The molecule has 0 aliphatic rings. The number of hydrogen-bond donors (Lipinski definition) is 0. The van der Waals surface area contributed by atoms with Crippen molar-refractivity contribution in [2.24, 2.45) is 0 Å². The molecule has 0 aliphatic carbocycles. The zero-order valence-electron chi connectivity index (χ0n) is 12.2. The van der Waals surface area contributed by atoms with Crippen molar-refractivity contribution < 1.29 is 4.79 Å². The molecule has 1 amide bonds. The summed E-state index contributed by atoms with van der Waals surface area (Å²) in [7, 11) is 0. The van der Waals surface area contributed by atoms with E-state index in [9.17, 15) is 4.79 Å². The van der Waals surface area contributed by atoms with Crippen LogP contribution in [0.1, 0.15) is 22.8 Å². The smallest absolute Gasteiger partial charge is 0.259 e. The Hall–Kier alpha value is -2.62. The van der Waals surface area contributed by atoms with Crippen LogP contribution in [0.3, 0.4) is 0 Å². The first-order valence-corrected chi connectivity index (χ1v) is 7.01. The number of fused-ring (bicyclic) bond motifs is 1. The van der Waals surface area contributed by atoms with E-state index < -0.39 is 0 Å².